The first-order valence-electron chi connectivity index (χ1n) is 9.28. The SMILES string of the molecule is Cc1ccc2c(c1)C(C(=O)NCCc1nc(-c3ccccc3)cs1)CNC2. The van der Waals surface area contributed by atoms with E-state index < -0.39 is 0 Å². The standard InChI is InChI=1S/C22H23N3OS/c1-15-7-8-17-12-23-13-19(18(17)11-15)22(26)24-10-9-21-25-20(14-27-21)16-5-3-2-4-6-16/h2-8,11,14,19,23H,9-10,12-13H2,1H3,(H,24,26). The Morgan fingerprint density at radius 1 is 1.26 bits per heavy atom. The lowest BCUT2D eigenvalue weighted by Crippen LogP contribution is -2.39. The van der Waals surface area contributed by atoms with Crippen molar-refractivity contribution in [3.8, 4) is 11.3 Å². The zero-order chi connectivity index (χ0) is 18.6. The van der Waals surface area contributed by atoms with E-state index in [9.17, 15) is 4.79 Å². The second kappa shape index (κ2) is 8.03. The van der Waals surface area contributed by atoms with Gasteiger partial charge in [-0.05, 0) is 18.1 Å². The Bertz CT molecular complexity index is 936. The molecule has 1 unspecified atom stereocenters. The molecule has 0 bridgehead atoms. The summed E-state index contributed by atoms with van der Waals surface area (Å²) in [5.41, 5.74) is 5.71. The maximum atomic E-state index is 12.7. The molecule has 5 heteroatoms. The monoisotopic (exact) mass is 377 g/mol. The Balaban J connectivity index is 1.36. The lowest BCUT2D eigenvalue weighted by molar-refractivity contribution is -0.122. The number of hydrogen-bond donors (Lipinski definition) is 2. The van der Waals surface area contributed by atoms with Crippen molar-refractivity contribution in [2.75, 3.05) is 13.1 Å². The van der Waals surface area contributed by atoms with Gasteiger partial charge in [-0.1, -0.05) is 54.1 Å². The lowest BCUT2D eigenvalue weighted by Gasteiger charge is -2.26. The van der Waals surface area contributed by atoms with Crippen LogP contribution in [0.3, 0.4) is 0 Å². The van der Waals surface area contributed by atoms with Crippen molar-refractivity contribution >= 4 is 17.2 Å². The predicted molar refractivity (Wildman–Crippen MR) is 110 cm³/mol. The molecule has 1 atom stereocenters. The van der Waals surface area contributed by atoms with Crippen LogP contribution in [-0.4, -0.2) is 24.0 Å². The van der Waals surface area contributed by atoms with Gasteiger partial charge in [-0.3, -0.25) is 4.79 Å². The Morgan fingerprint density at radius 3 is 2.96 bits per heavy atom. The molecule has 0 aliphatic carbocycles. The zero-order valence-electron chi connectivity index (χ0n) is 15.4. The summed E-state index contributed by atoms with van der Waals surface area (Å²) in [6.45, 7) is 4.21. The van der Waals surface area contributed by atoms with E-state index in [2.05, 4.69) is 53.3 Å². The van der Waals surface area contributed by atoms with Gasteiger partial charge in [-0.2, -0.15) is 0 Å². The molecule has 138 valence electrons. The summed E-state index contributed by atoms with van der Waals surface area (Å²) in [5.74, 6) is -0.0290. The number of fused-ring (bicyclic) bond motifs is 1. The van der Waals surface area contributed by atoms with Crippen LogP contribution < -0.4 is 10.6 Å². The number of nitrogens with zero attached hydrogens (tertiary/aromatic N) is 1. The van der Waals surface area contributed by atoms with Crippen LogP contribution in [0.1, 0.15) is 27.6 Å². The number of benzene rings is 2. The molecule has 1 aliphatic heterocycles. The van der Waals surface area contributed by atoms with Gasteiger partial charge in [0.2, 0.25) is 5.91 Å². The number of thiazole rings is 1. The molecule has 0 radical (unpaired) electrons. The van der Waals surface area contributed by atoms with Crippen LogP contribution in [-0.2, 0) is 17.8 Å². The number of aryl methyl sites for hydroxylation is 1. The molecule has 0 saturated carbocycles. The van der Waals surface area contributed by atoms with Gasteiger partial charge in [0.15, 0.2) is 0 Å². The number of rotatable bonds is 5. The summed E-state index contributed by atoms with van der Waals surface area (Å²) in [4.78, 5) is 17.4. The smallest absolute Gasteiger partial charge is 0.228 e. The summed E-state index contributed by atoms with van der Waals surface area (Å²) in [7, 11) is 0. The number of nitrogens with one attached hydrogen (secondary N) is 2. The second-order valence-corrected chi connectivity index (χ2v) is 7.86. The highest BCUT2D eigenvalue weighted by Crippen LogP contribution is 2.25. The lowest BCUT2D eigenvalue weighted by atomic mass is 9.89. The van der Waals surface area contributed by atoms with Gasteiger partial charge in [-0.25, -0.2) is 4.98 Å². The van der Waals surface area contributed by atoms with E-state index in [1.54, 1.807) is 11.3 Å². The van der Waals surface area contributed by atoms with Crippen molar-refractivity contribution in [1.82, 2.24) is 15.6 Å². The van der Waals surface area contributed by atoms with Gasteiger partial charge in [0.05, 0.1) is 16.6 Å². The third-order valence-corrected chi connectivity index (χ3v) is 5.83. The van der Waals surface area contributed by atoms with Crippen molar-refractivity contribution in [3.63, 3.8) is 0 Å². The van der Waals surface area contributed by atoms with Crippen LogP contribution in [0, 0.1) is 6.92 Å². The van der Waals surface area contributed by atoms with E-state index in [1.807, 2.05) is 18.2 Å². The highest BCUT2D eigenvalue weighted by atomic mass is 32.1. The van der Waals surface area contributed by atoms with Crippen molar-refractivity contribution in [2.45, 2.75) is 25.8 Å². The highest BCUT2D eigenvalue weighted by Gasteiger charge is 2.26. The Hall–Kier alpha value is -2.50. The average Bonchev–Trinajstić information content (AvgIpc) is 3.17. The fourth-order valence-electron chi connectivity index (χ4n) is 3.48. The van der Waals surface area contributed by atoms with Crippen LogP contribution in [0.2, 0.25) is 0 Å². The van der Waals surface area contributed by atoms with Crippen LogP contribution in [0.25, 0.3) is 11.3 Å². The molecule has 1 aromatic heterocycles. The summed E-state index contributed by atoms with van der Waals surface area (Å²) in [6.07, 6.45) is 0.754. The fourth-order valence-corrected chi connectivity index (χ4v) is 4.29. The molecule has 3 aromatic rings. The number of amides is 1. The molecule has 27 heavy (non-hydrogen) atoms. The zero-order valence-corrected chi connectivity index (χ0v) is 16.2. The van der Waals surface area contributed by atoms with E-state index in [0.29, 0.717) is 13.1 Å². The minimum atomic E-state index is -0.121. The molecule has 2 heterocycles. The summed E-state index contributed by atoms with van der Waals surface area (Å²) < 4.78 is 0. The number of carbonyl (C=O) groups excluding carboxylic acids is 1. The van der Waals surface area contributed by atoms with Crippen molar-refractivity contribution in [1.29, 1.82) is 0 Å². The first-order chi connectivity index (χ1) is 13.2. The normalized spacial score (nSPS) is 16.0. The molecular weight excluding hydrogens is 354 g/mol. The van der Waals surface area contributed by atoms with Gasteiger partial charge < -0.3 is 10.6 Å². The van der Waals surface area contributed by atoms with Gasteiger partial charge in [0, 0.05) is 37.0 Å². The third-order valence-electron chi connectivity index (χ3n) is 4.92. The molecule has 2 N–H and O–H groups in total. The highest BCUT2D eigenvalue weighted by molar-refractivity contribution is 7.09. The van der Waals surface area contributed by atoms with Gasteiger partial charge >= 0.3 is 0 Å². The van der Waals surface area contributed by atoms with Crippen LogP contribution >= 0.6 is 11.3 Å². The number of aromatic nitrogens is 1. The Kier molecular flexibility index (Phi) is 5.32. The average molecular weight is 378 g/mol. The van der Waals surface area contributed by atoms with Gasteiger partial charge in [0.1, 0.15) is 0 Å². The number of hydrogen-bond acceptors (Lipinski definition) is 4. The number of carbonyl (C=O) groups is 1. The third kappa shape index (κ3) is 4.10. The van der Waals surface area contributed by atoms with E-state index in [0.717, 1.165) is 34.8 Å². The second-order valence-electron chi connectivity index (χ2n) is 6.92. The fraction of sp³-hybridized carbons (Fsp3) is 0.273. The van der Waals surface area contributed by atoms with Crippen LogP contribution in [0.15, 0.2) is 53.9 Å². The summed E-state index contributed by atoms with van der Waals surface area (Å²) >= 11 is 1.65. The molecular formula is C22H23N3OS. The molecule has 0 saturated heterocycles. The van der Waals surface area contributed by atoms with Crippen molar-refractivity contribution in [2.24, 2.45) is 0 Å². The van der Waals surface area contributed by atoms with Crippen LogP contribution in [0.4, 0.5) is 0 Å². The molecule has 2 aromatic carbocycles. The maximum Gasteiger partial charge on any atom is 0.228 e. The minimum Gasteiger partial charge on any atom is -0.355 e. The van der Waals surface area contributed by atoms with Gasteiger partial charge in [-0.15, -0.1) is 11.3 Å². The molecule has 1 amide bonds. The molecule has 4 rings (SSSR count). The molecule has 4 nitrogen and oxygen atoms in total. The molecule has 0 spiro atoms. The maximum absolute atomic E-state index is 12.7. The first kappa shape index (κ1) is 17.9. The first-order valence-corrected chi connectivity index (χ1v) is 10.2. The van der Waals surface area contributed by atoms with Crippen molar-refractivity contribution < 1.29 is 4.79 Å². The quantitative estimate of drug-likeness (QED) is 0.713. The topological polar surface area (TPSA) is 54.0 Å². The van der Waals surface area contributed by atoms with E-state index >= 15 is 0 Å². The minimum absolute atomic E-state index is 0.0916. The van der Waals surface area contributed by atoms with E-state index in [4.69, 9.17) is 4.98 Å². The van der Waals surface area contributed by atoms with E-state index in [-0.39, 0.29) is 11.8 Å². The largest absolute Gasteiger partial charge is 0.355 e. The molecule has 1 aliphatic rings. The summed E-state index contributed by atoms with van der Waals surface area (Å²) in [6, 6.07) is 16.6. The van der Waals surface area contributed by atoms with Gasteiger partial charge in [0.25, 0.3) is 0 Å². The predicted octanol–water partition coefficient (Wildman–Crippen LogP) is 3.66. The Morgan fingerprint density at radius 2 is 2.11 bits per heavy atom. The Labute approximate surface area is 163 Å². The van der Waals surface area contributed by atoms with E-state index in [1.165, 1.54) is 11.1 Å². The summed E-state index contributed by atoms with van der Waals surface area (Å²) in [5, 5.41) is 9.58. The van der Waals surface area contributed by atoms with Crippen LogP contribution in [0.5, 0.6) is 0 Å². The van der Waals surface area contributed by atoms with Crippen molar-refractivity contribution in [3.05, 3.63) is 75.6 Å². The molecule has 0 fully saturated rings.